The lowest BCUT2D eigenvalue weighted by Gasteiger charge is -2.06. The fourth-order valence-corrected chi connectivity index (χ4v) is 1.60. The van der Waals surface area contributed by atoms with E-state index in [1.54, 1.807) is 18.3 Å². The highest BCUT2D eigenvalue weighted by atomic mass is 19.1. The number of aryl methyl sites for hydroxylation is 1. The molecule has 0 amide bonds. The van der Waals surface area contributed by atoms with Crippen LogP contribution in [0.2, 0.25) is 0 Å². The van der Waals surface area contributed by atoms with Crippen LogP contribution in [0.3, 0.4) is 0 Å². The Morgan fingerprint density at radius 1 is 1.24 bits per heavy atom. The maximum absolute atomic E-state index is 12.8. The summed E-state index contributed by atoms with van der Waals surface area (Å²) in [5, 5.41) is 0. The summed E-state index contributed by atoms with van der Waals surface area (Å²) < 4.78 is 12.8. The van der Waals surface area contributed by atoms with Gasteiger partial charge in [0.15, 0.2) is 5.82 Å². The number of hydrogen-bond donors (Lipinski definition) is 1. The van der Waals surface area contributed by atoms with Crippen molar-refractivity contribution in [2.45, 2.75) is 19.8 Å². The minimum atomic E-state index is -0.266. The Labute approximate surface area is 99.5 Å². The number of aromatic nitrogens is 2. The van der Waals surface area contributed by atoms with E-state index in [0.717, 1.165) is 24.1 Å². The Morgan fingerprint density at radius 3 is 2.59 bits per heavy atom. The quantitative estimate of drug-likeness (QED) is 0.883. The number of hydrogen-bond acceptors (Lipinski definition) is 3. The van der Waals surface area contributed by atoms with E-state index in [2.05, 4.69) is 16.9 Å². The van der Waals surface area contributed by atoms with Crippen molar-refractivity contribution in [1.29, 1.82) is 0 Å². The summed E-state index contributed by atoms with van der Waals surface area (Å²) in [5.41, 5.74) is 8.05. The fourth-order valence-electron chi connectivity index (χ4n) is 1.60. The van der Waals surface area contributed by atoms with E-state index < -0.39 is 0 Å². The molecule has 1 aromatic heterocycles. The smallest absolute Gasteiger partial charge is 0.159 e. The first-order valence-corrected chi connectivity index (χ1v) is 5.58. The van der Waals surface area contributed by atoms with Crippen molar-refractivity contribution in [2.75, 3.05) is 5.73 Å². The molecule has 2 rings (SSSR count). The fraction of sp³-hybridized carbons (Fsp3) is 0.231. The van der Waals surface area contributed by atoms with Gasteiger partial charge in [0.2, 0.25) is 0 Å². The van der Waals surface area contributed by atoms with Gasteiger partial charge in [0.05, 0.1) is 17.6 Å². The number of halogens is 1. The first-order chi connectivity index (χ1) is 8.20. The molecule has 4 heteroatoms. The summed E-state index contributed by atoms with van der Waals surface area (Å²) in [7, 11) is 0. The van der Waals surface area contributed by atoms with E-state index >= 15 is 0 Å². The summed E-state index contributed by atoms with van der Waals surface area (Å²) in [6.45, 7) is 2.07. The lowest BCUT2D eigenvalue weighted by atomic mass is 10.2. The predicted octanol–water partition coefficient (Wildman–Crippen LogP) is 2.82. The topological polar surface area (TPSA) is 51.8 Å². The van der Waals surface area contributed by atoms with Crippen molar-refractivity contribution in [3.05, 3.63) is 42.0 Å². The van der Waals surface area contributed by atoms with Crippen LogP contribution in [0, 0.1) is 5.82 Å². The molecule has 88 valence electrons. The Morgan fingerprint density at radius 2 is 1.94 bits per heavy atom. The van der Waals surface area contributed by atoms with Crippen LogP contribution in [0.4, 0.5) is 10.1 Å². The van der Waals surface area contributed by atoms with Crippen molar-refractivity contribution in [3.63, 3.8) is 0 Å². The molecule has 3 nitrogen and oxygen atoms in total. The molecule has 2 aromatic rings. The Balaban J connectivity index is 2.39. The van der Waals surface area contributed by atoms with Crippen LogP contribution >= 0.6 is 0 Å². The van der Waals surface area contributed by atoms with Crippen LogP contribution in [0.5, 0.6) is 0 Å². The normalized spacial score (nSPS) is 10.5. The molecule has 0 atom stereocenters. The van der Waals surface area contributed by atoms with Gasteiger partial charge in [-0.25, -0.2) is 14.4 Å². The molecule has 0 saturated carbocycles. The summed E-state index contributed by atoms with van der Waals surface area (Å²) in [4.78, 5) is 8.57. The van der Waals surface area contributed by atoms with Crippen molar-refractivity contribution in [2.24, 2.45) is 0 Å². The summed E-state index contributed by atoms with van der Waals surface area (Å²) in [5.74, 6) is 0.320. The molecule has 0 saturated heterocycles. The third-order valence-electron chi connectivity index (χ3n) is 2.49. The summed E-state index contributed by atoms with van der Waals surface area (Å²) in [6.07, 6.45) is 3.41. The van der Waals surface area contributed by atoms with Gasteiger partial charge in [-0.05, 0) is 30.7 Å². The number of nitrogens with zero attached hydrogens (tertiary/aromatic N) is 2. The van der Waals surface area contributed by atoms with Crippen molar-refractivity contribution < 1.29 is 4.39 Å². The van der Waals surface area contributed by atoms with E-state index in [9.17, 15) is 4.39 Å². The van der Waals surface area contributed by atoms with Crippen LogP contribution < -0.4 is 5.73 Å². The number of nitrogens with two attached hydrogens (primary N) is 1. The maximum atomic E-state index is 12.8. The first kappa shape index (κ1) is 11.5. The second-order valence-electron chi connectivity index (χ2n) is 3.85. The summed E-state index contributed by atoms with van der Waals surface area (Å²) in [6, 6.07) is 6.12. The molecular formula is C13H14FN3. The zero-order valence-electron chi connectivity index (χ0n) is 9.65. The van der Waals surface area contributed by atoms with Gasteiger partial charge in [0.1, 0.15) is 5.82 Å². The third kappa shape index (κ3) is 2.58. The third-order valence-corrected chi connectivity index (χ3v) is 2.49. The molecule has 0 aliphatic heterocycles. The molecule has 0 radical (unpaired) electrons. The number of nitrogen functional groups attached to an aromatic ring is 1. The predicted molar refractivity (Wildman–Crippen MR) is 65.8 cm³/mol. The second-order valence-corrected chi connectivity index (χ2v) is 3.85. The maximum Gasteiger partial charge on any atom is 0.159 e. The van der Waals surface area contributed by atoms with Gasteiger partial charge in [-0.15, -0.1) is 0 Å². The van der Waals surface area contributed by atoms with Gasteiger partial charge >= 0.3 is 0 Å². The van der Waals surface area contributed by atoms with Crippen LogP contribution in [0.1, 0.15) is 19.0 Å². The first-order valence-electron chi connectivity index (χ1n) is 5.58. The van der Waals surface area contributed by atoms with Crippen molar-refractivity contribution in [3.8, 4) is 11.4 Å². The van der Waals surface area contributed by atoms with E-state index in [-0.39, 0.29) is 5.82 Å². The lowest BCUT2D eigenvalue weighted by molar-refractivity contribution is 0.628. The largest absolute Gasteiger partial charge is 0.396 e. The number of benzene rings is 1. The van der Waals surface area contributed by atoms with Gasteiger partial charge in [-0.1, -0.05) is 13.3 Å². The molecule has 1 heterocycles. The molecular weight excluding hydrogens is 217 g/mol. The number of anilines is 1. The monoisotopic (exact) mass is 231 g/mol. The molecule has 0 aliphatic rings. The number of rotatable bonds is 3. The molecule has 0 spiro atoms. The second kappa shape index (κ2) is 4.91. The van der Waals surface area contributed by atoms with E-state index in [4.69, 9.17) is 5.73 Å². The highest BCUT2D eigenvalue weighted by Gasteiger charge is 2.06. The van der Waals surface area contributed by atoms with Crippen molar-refractivity contribution >= 4 is 5.69 Å². The molecule has 2 N–H and O–H groups in total. The van der Waals surface area contributed by atoms with Gasteiger partial charge in [0.25, 0.3) is 0 Å². The van der Waals surface area contributed by atoms with E-state index in [1.807, 2.05) is 0 Å². The zero-order valence-corrected chi connectivity index (χ0v) is 9.65. The van der Waals surface area contributed by atoms with Crippen LogP contribution in [-0.2, 0) is 6.42 Å². The van der Waals surface area contributed by atoms with Crippen LogP contribution in [0.25, 0.3) is 11.4 Å². The Kier molecular flexibility index (Phi) is 3.32. The molecule has 0 fully saturated rings. The van der Waals surface area contributed by atoms with Crippen LogP contribution in [0.15, 0.2) is 30.5 Å². The van der Waals surface area contributed by atoms with E-state index in [1.165, 1.54) is 12.1 Å². The van der Waals surface area contributed by atoms with Crippen molar-refractivity contribution in [1.82, 2.24) is 9.97 Å². The zero-order chi connectivity index (χ0) is 12.3. The van der Waals surface area contributed by atoms with Gasteiger partial charge < -0.3 is 5.73 Å². The highest BCUT2D eigenvalue weighted by molar-refractivity contribution is 5.57. The molecule has 0 aliphatic carbocycles. The molecule has 1 aromatic carbocycles. The minimum Gasteiger partial charge on any atom is -0.396 e. The van der Waals surface area contributed by atoms with Gasteiger partial charge in [0, 0.05) is 5.56 Å². The molecule has 17 heavy (non-hydrogen) atoms. The minimum absolute atomic E-state index is 0.266. The lowest BCUT2D eigenvalue weighted by Crippen LogP contribution is -2.01. The molecule has 0 bridgehead atoms. The van der Waals surface area contributed by atoms with Crippen LogP contribution in [-0.4, -0.2) is 9.97 Å². The van der Waals surface area contributed by atoms with Gasteiger partial charge in [-0.3, -0.25) is 0 Å². The highest BCUT2D eigenvalue weighted by Crippen LogP contribution is 2.18. The summed E-state index contributed by atoms with van der Waals surface area (Å²) >= 11 is 0. The average Bonchev–Trinajstić information content (AvgIpc) is 2.33. The average molecular weight is 231 g/mol. The molecule has 0 unspecified atom stereocenters. The SMILES string of the molecule is CCCc1nc(-c2ccc(F)cc2)ncc1N. The Bertz CT molecular complexity index is 509. The Hall–Kier alpha value is -1.97. The van der Waals surface area contributed by atoms with Gasteiger partial charge in [-0.2, -0.15) is 0 Å². The standard InChI is InChI=1S/C13H14FN3/c1-2-3-12-11(15)8-16-13(17-12)9-4-6-10(14)7-5-9/h4-8H,2-3,15H2,1H3. The van der Waals surface area contributed by atoms with E-state index in [0.29, 0.717) is 11.5 Å².